The molecule has 6 heteroatoms. The Bertz CT molecular complexity index is 839. The Balaban J connectivity index is 1.67. The highest BCUT2D eigenvalue weighted by Gasteiger charge is 2.30. The number of nitrogens with two attached hydrogens (primary N) is 1. The number of nitrogens with zero attached hydrogens (tertiary/aromatic N) is 2. The SMILES string of the molecule is N[C@@H](Cc1c[nH]c2ccccc12)c1n[nH]c(=O)n1C1CC1. The lowest BCUT2D eigenvalue weighted by molar-refractivity contribution is 0.584. The standard InChI is InChI=1S/C15H17N5O/c16-12(14-18-19-15(21)20(14)10-5-6-10)7-9-8-17-13-4-2-1-3-11(9)13/h1-4,8,10,12,17H,5-7,16H2,(H,19,21)/t12-/m0/s1. The first-order chi connectivity index (χ1) is 10.2. The van der Waals surface area contributed by atoms with Gasteiger partial charge < -0.3 is 10.7 Å². The Morgan fingerprint density at radius 2 is 2.19 bits per heavy atom. The minimum Gasteiger partial charge on any atom is -0.361 e. The fourth-order valence-corrected chi connectivity index (χ4v) is 2.89. The van der Waals surface area contributed by atoms with E-state index < -0.39 is 0 Å². The van der Waals surface area contributed by atoms with Crippen LogP contribution in [-0.2, 0) is 6.42 Å². The highest BCUT2D eigenvalue weighted by Crippen LogP contribution is 2.35. The molecule has 2 heterocycles. The quantitative estimate of drug-likeness (QED) is 0.679. The number of rotatable bonds is 4. The Morgan fingerprint density at radius 3 is 3.00 bits per heavy atom. The topological polar surface area (TPSA) is 92.5 Å². The van der Waals surface area contributed by atoms with E-state index in [2.05, 4.69) is 21.2 Å². The number of hydrogen-bond acceptors (Lipinski definition) is 3. The van der Waals surface area contributed by atoms with Crippen molar-refractivity contribution in [2.24, 2.45) is 5.73 Å². The van der Waals surface area contributed by atoms with Gasteiger partial charge >= 0.3 is 5.69 Å². The molecule has 1 saturated carbocycles. The van der Waals surface area contributed by atoms with E-state index in [0.717, 1.165) is 23.9 Å². The predicted octanol–water partition coefficient (Wildman–Crippen LogP) is 1.63. The molecule has 0 spiro atoms. The maximum Gasteiger partial charge on any atom is 0.343 e. The summed E-state index contributed by atoms with van der Waals surface area (Å²) in [4.78, 5) is 15.1. The van der Waals surface area contributed by atoms with Crippen LogP contribution in [0.4, 0.5) is 0 Å². The second-order valence-corrected chi connectivity index (χ2v) is 5.66. The molecule has 3 aromatic rings. The van der Waals surface area contributed by atoms with E-state index in [-0.39, 0.29) is 17.8 Å². The van der Waals surface area contributed by atoms with Gasteiger partial charge in [0.1, 0.15) is 0 Å². The summed E-state index contributed by atoms with van der Waals surface area (Å²) in [5.74, 6) is 0.660. The van der Waals surface area contributed by atoms with Crippen LogP contribution < -0.4 is 11.4 Å². The first kappa shape index (κ1) is 12.4. The highest BCUT2D eigenvalue weighted by molar-refractivity contribution is 5.83. The van der Waals surface area contributed by atoms with E-state index >= 15 is 0 Å². The van der Waals surface area contributed by atoms with Gasteiger partial charge in [-0.3, -0.25) is 4.57 Å². The van der Waals surface area contributed by atoms with Gasteiger partial charge in [-0.25, -0.2) is 9.89 Å². The van der Waals surface area contributed by atoms with Crippen LogP contribution in [0.1, 0.15) is 36.3 Å². The average molecular weight is 283 g/mol. The van der Waals surface area contributed by atoms with Gasteiger partial charge in [-0.15, -0.1) is 0 Å². The van der Waals surface area contributed by atoms with Gasteiger partial charge in [-0.1, -0.05) is 18.2 Å². The van der Waals surface area contributed by atoms with Gasteiger partial charge in [0.15, 0.2) is 5.82 Å². The van der Waals surface area contributed by atoms with Crippen molar-refractivity contribution in [1.82, 2.24) is 19.7 Å². The molecule has 0 aliphatic heterocycles. The molecule has 4 rings (SSSR count). The summed E-state index contributed by atoms with van der Waals surface area (Å²) in [6, 6.07) is 8.12. The van der Waals surface area contributed by atoms with Gasteiger partial charge in [0.25, 0.3) is 0 Å². The lowest BCUT2D eigenvalue weighted by Crippen LogP contribution is -2.23. The number of hydrogen-bond donors (Lipinski definition) is 3. The minimum absolute atomic E-state index is 0.151. The summed E-state index contributed by atoms with van der Waals surface area (Å²) in [5, 5.41) is 7.82. The van der Waals surface area contributed by atoms with Gasteiger partial charge in [-0.2, -0.15) is 5.10 Å². The number of H-pyrrole nitrogens is 2. The van der Waals surface area contributed by atoms with Crippen LogP contribution >= 0.6 is 0 Å². The Kier molecular flexibility index (Phi) is 2.71. The number of aromatic amines is 2. The van der Waals surface area contributed by atoms with Crippen LogP contribution in [0.25, 0.3) is 10.9 Å². The van der Waals surface area contributed by atoms with E-state index in [9.17, 15) is 4.79 Å². The predicted molar refractivity (Wildman–Crippen MR) is 80.0 cm³/mol. The zero-order valence-corrected chi connectivity index (χ0v) is 11.5. The molecular weight excluding hydrogens is 266 g/mol. The van der Waals surface area contributed by atoms with Crippen LogP contribution in [0, 0.1) is 0 Å². The minimum atomic E-state index is -0.288. The van der Waals surface area contributed by atoms with Crippen molar-refractivity contribution < 1.29 is 0 Å². The van der Waals surface area contributed by atoms with Gasteiger partial charge in [0.05, 0.1) is 6.04 Å². The first-order valence-electron chi connectivity index (χ1n) is 7.21. The molecule has 1 atom stereocenters. The van der Waals surface area contributed by atoms with Crippen LogP contribution in [-0.4, -0.2) is 19.7 Å². The monoisotopic (exact) mass is 283 g/mol. The largest absolute Gasteiger partial charge is 0.361 e. The zero-order chi connectivity index (χ0) is 14.4. The van der Waals surface area contributed by atoms with Crippen molar-refractivity contribution >= 4 is 10.9 Å². The average Bonchev–Trinajstić information content (AvgIpc) is 3.14. The van der Waals surface area contributed by atoms with E-state index in [1.54, 1.807) is 4.57 Å². The molecule has 0 amide bonds. The fourth-order valence-electron chi connectivity index (χ4n) is 2.89. The lowest BCUT2D eigenvalue weighted by Gasteiger charge is -2.11. The van der Waals surface area contributed by atoms with Gasteiger partial charge in [-0.05, 0) is 30.9 Å². The Hall–Kier alpha value is -2.34. The second-order valence-electron chi connectivity index (χ2n) is 5.66. The van der Waals surface area contributed by atoms with Crippen LogP contribution in [0.15, 0.2) is 35.3 Å². The Morgan fingerprint density at radius 1 is 1.38 bits per heavy atom. The van der Waals surface area contributed by atoms with Gasteiger partial charge in [0.2, 0.25) is 0 Å². The number of nitrogens with one attached hydrogen (secondary N) is 2. The van der Waals surface area contributed by atoms with Crippen molar-refractivity contribution in [3.05, 3.63) is 52.3 Å². The molecular formula is C15H17N5O. The molecule has 1 fully saturated rings. The second kappa shape index (κ2) is 4.60. The van der Waals surface area contributed by atoms with Crippen molar-refractivity contribution in [3.8, 4) is 0 Å². The molecule has 2 aromatic heterocycles. The molecule has 108 valence electrons. The molecule has 6 nitrogen and oxygen atoms in total. The summed E-state index contributed by atoms with van der Waals surface area (Å²) in [6.07, 6.45) is 4.70. The van der Waals surface area contributed by atoms with Crippen LogP contribution in [0.2, 0.25) is 0 Å². The van der Waals surface area contributed by atoms with E-state index in [1.165, 1.54) is 5.39 Å². The third-order valence-electron chi connectivity index (χ3n) is 4.09. The number of fused-ring (bicyclic) bond motifs is 1. The molecule has 0 bridgehead atoms. The maximum absolute atomic E-state index is 11.8. The van der Waals surface area contributed by atoms with Crippen molar-refractivity contribution in [2.45, 2.75) is 31.3 Å². The maximum atomic E-state index is 11.8. The summed E-state index contributed by atoms with van der Waals surface area (Å²) in [5.41, 5.74) is 8.40. The molecule has 1 aliphatic carbocycles. The third kappa shape index (κ3) is 2.08. The van der Waals surface area contributed by atoms with Crippen LogP contribution in [0.5, 0.6) is 0 Å². The molecule has 0 saturated heterocycles. The summed E-state index contributed by atoms with van der Waals surface area (Å²) < 4.78 is 1.72. The van der Waals surface area contributed by atoms with Gasteiger partial charge in [0, 0.05) is 23.1 Å². The van der Waals surface area contributed by atoms with Crippen molar-refractivity contribution in [1.29, 1.82) is 0 Å². The fraction of sp³-hybridized carbons (Fsp3) is 0.333. The molecule has 4 N–H and O–H groups in total. The van der Waals surface area contributed by atoms with Crippen LogP contribution in [0.3, 0.4) is 0 Å². The number of aromatic nitrogens is 4. The third-order valence-corrected chi connectivity index (χ3v) is 4.09. The highest BCUT2D eigenvalue weighted by atomic mass is 16.1. The first-order valence-corrected chi connectivity index (χ1v) is 7.21. The van der Waals surface area contributed by atoms with E-state index in [4.69, 9.17) is 5.73 Å². The van der Waals surface area contributed by atoms with Crippen molar-refractivity contribution in [2.75, 3.05) is 0 Å². The molecule has 0 unspecified atom stereocenters. The summed E-state index contributed by atoms with van der Waals surface area (Å²) in [7, 11) is 0. The Labute approximate surface area is 121 Å². The molecule has 0 radical (unpaired) electrons. The molecule has 21 heavy (non-hydrogen) atoms. The van der Waals surface area contributed by atoms with Crippen molar-refractivity contribution in [3.63, 3.8) is 0 Å². The number of benzene rings is 1. The smallest absolute Gasteiger partial charge is 0.343 e. The number of para-hydroxylation sites is 1. The normalized spacial score (nSPS) is 16.4. The summed E-state index contributed by atoms with van der Waals surface area (Å²) in [6.45, 7) is 0. The van der Waals surface area contributed by atoms with E-state index in [0.29, 0.717) is 12.2 Å². The summed E-state index contributed by atoms with van der Waals surface area (Å²) >= 11 is 0. The zero-order valence-electron chi connectivity index (χ0n) is 11.5. The molecule has 1 aromatic carbocycles. The van der Waals surface area contributed by atoms with E-state index in [1.807, 2.05) is 24.4 Å². The lowest BCUT2D eigenvalue weighted by atomic mass is 10.1. The molecule has 1 aliphatic rings.